The van der Waals surface area contributed by atoms with Gasteiger partial charge in [0.25, 0.3) is 0 Å². The van der Waals surface area contributed by atoms with Crippen molar-refractivity contribution in [1.82, 2.24) is 9.55 Å². The molecule has 20 heavy (non-hydrogen) atoms. The van der Waals surface area contributed by atoms with Crippen LogP contribution in [0.3, 0.4) is 0 Å². The SMILES string of the molecule is CC1(C)O[C@@H]2[C@H](O1)[C@@H](CS)O[C@H]2n1ccc([O-])nc1=O. The van der Waals surface area contributed by atoms with Gasteiger partial charge in [-0.3, -0.25) is 4.57 Å². The van der Waals surface area contributed by atoms with Crippen LogP contribution in [0, 0.1) is 0 Å². The molecule has 0 aliphatic carbocycles. The van der Waals surface area contributed by atoms with Crippen molar-refractivity contribution in [3.8, 4) is 5.88 Å². The number of fused-ring (bicyclic) bond motifs is 1. The predicted octanol–water partition coefficient (Wildman–Crippen LogP) is -0.336. The molecule has 2 fully saturated rings. The minimum absolute atomic E-state index is 0.283. The second-order valence-corrected chi connectivity index (χ2v) is 5.63. The molecule has 110 valence electrons. The first kappa shape index (κ1) is 13.9. The van der Waals surface area contributed by atoms with Crippen LogP contribution in [0.15, 0.2) is 17.1 Å². The zero-order chi connectivity index (χ0) is 14.5. The lowest BCUT2D eigenvalue weighted by atomic mass is 10.1. The van der Waals surface area contributed by atoms with E-state index in [1.54, 1.807) is 13.8 Å². The highest BCUT2D eigenvalue weighted by Gasteiger charge is 2.55. The summed E-state index contributed by atoms with van der Waals surface area (Å²) in [5, 5.41) is 11.1. The number of rotatable bonds is 2. The fourth-order valence-electron chi connectivity index (χ4n) is 2.62. The van der Waals surface area contributed by atoms with Crippen molar-refractivity contribution in [3.63, 3.8) is 0 Å². The highest BCUT2D eigenvalue weighted by atomic mass is 32.1. The molecular weight excluding hydrogens is 284 g/mol. The number of thiol groups is 1. The van der Waals surface area contributed by atoms with Crippen molar-refractivity contribution in [3.05, 3.63) is 22.7 Å². The third-order valence-electron chi connectivity index (χ3n) is 3.38. The van der Waals surface area contributed by atoms with Crippen LogP contribution in [0.1, 0.15) is 20.1 Å². The van der Waals surface area contributed by atoms with Crippen molar-refractivity contribution >= 4 is 12.6 Å². The largest absolute Gasteiger partial charge is 0.858 e. The lowest BCUT2D eigenvalue weighted by Crippen LogP contribution is -2.35. The maximum atomic E-state index is 11.8. The van der Waals surface area contributed by atoms with Gasteiger partial charge in [0.2, 0.25) is 0 Å². The molecule has 1 aromatic heterocycles. The molecule has 0 radical (unpaired) electrons. The molecule has 1 aromatic rings. The van der Waals surface area contributed by atoms with Crippen LogP contribution >= 0.6 is 12.6 Å². The summed E-state index contributed by atoms with van der Waals surface area (Å²) in [6.07, 6.45) is -0.312. The molecule has 2 aliphatic rings. The molecular formula is C12H15N2O5S-. The van der Waals surface area contributed by atoms with Gasteiger partial charge in [-0.1, -0.05) is 0 Å². The van der Waals surface area contributed by atoms with E-state index in [1.807, 2.05) is 0 Å². The van der Waals surface area contributed by atoms with E-state index in [-0.39, 0.29) is 12.2 Å². The van der Waals surface area contributed by atoms with Gasteiger partial charge in [0, 0.05) is 11.9 Å². The van der Waals surface area contributed by atoms with Gasteiger partial charge in [-0.25, -0.2) is 9.78 Å². The smallest absolute Gasteiger partial charge is 0.349 e. The number of ether oxygens (including phenoxy) is 3. The summed E-state index contributed by atoms with van der Waals surface area (Å²) in [6.45, 7) is 3.61. The molecule has 0 amide bonds. The van der Waals surface area contributed by atoms with Crippen LogP contribution in [0.4, 0.5) is 0 Å². The molecule has 0 bridgehead atoms. The summed E-state index contributed by atoms with van der Waals surface area (Å²) in [6, 6.07) is 1.22. The molecule has 2 aliphatic heterocycles. The van der Waals surface area contributed by atoms with Gasteiger partial charge in [0.15, 0.2) is 12.0 Å². The van der Waals surface area contributed by atoms with Crippen molar-refractivity contribution in [2.45, 2.75) is 44.2 Å². The summed E-state index contributed by atoms with van der Waals surface area (Å²) in [5.74, 6) is -0.872. The molecule has 8 heteroatoms. The monoisotopic (exact) mass is 299 g/mol. The second-order valence-electron chi connectivity index (χ2n) is 5.27. The summed E-state index contributed by atoms with van der Waals surface area (Å²) in [4.78, 5) is 15.2. The fraction of sp³-hybridized carbons (Fsp3) is 0.667. The zero-order valence-electron chi connectivity index (χ0n) is 11.1. The Hall–Kier alpha value is -1.09. The van der Waals surface area contributed by atoms with Gasteiger partial charge in [-0.15, -0.1) is 0 Å². The molecule has 4 atom stereocenters. The lowest BCUT2D eigenvalue weighted by Gasteiger charge is -2.24. The molecule has 7 nitrogen and oxygen atoms in total. The van der Waals surface area contributed by atoms with Crippen LogP contribution < -0.4 is 10.8 Å². The van der Waals surface area contributed by atoms with E-state index >= 15 is 0 Å². The minimum Gasteiger partial charge on any atom is -0.858 e. The molecule has 3 rings (SSSR count). The van der Waals surface area contributed by atoms with E-state index in [0.29, 0.717) is 5.75 Å². The Morgan fingerprint density at radius 2 is 2.15 bits per heavy atom. The molecule has 3 heterocycles. The molecule has 2 saturated heterocycles. The average Bonchev–Trinajstić information content (AvgIpc) is 2.83. The Balaban J connectivity index is 1.96. The second kappa shape index (κ2) is 4.73. The van der Waals surface area contributed by atoms with Gasteiger partial charge in [-0.2, -0.15) is 12.6 Å². The molecule has 0 saturated carbocycles. The zero-order valence-corrected chi connectivity index (χ0v) is 11.9. The fourth-order valence-corrected chi connectivity index (χ4v) is 2.91. The third kappa shape index (κ3) is 2.22. The summed E-state index contributed by atoms with van der Waals surface area (Å²) < 4.78 is 18.6. The van der Waals surface area contributed by atoms with Gasteiger partial charge >= 0.3 is 5.69 Å². The van der Waals surface area contributed by atoms with Crippen LogP contribution in [-0.4, -0.2) is 39.4 Å². The van der Waals surface area contributed by atoms with Crippen LogP contribution in [-0.2, 0) is 14.2 Å². The first-order chi connectivity index (χ1) is 9.41. The predicted molar refractivity (Wildman–Crippen MR) is 69.5 cm³/mol. The maximum absolute atomic E-state index is 11.8. The average molecular weight is 299 g/mol. The number of hydrogen-bond acceptors (Lipinski definition) is 7. The Kier molecular flexibility index (Phi) is 3.28. The van der Waals surface area contributed by atoms with E-state index in [9.17, 15) is 9.90 Å². The van der Waals surface area contributed by atoms with E-state index in [4.69, 9.17) is 14.2 Å². The normalized spacial score (nSPS) is 35.1. The summed E-state index contributed by atoms with van der Waals surface area (Å²) in [5.41, 5.74) is -0.658. The highest BCUT2D eigenvalue weighted by Crippen LogP contribution is 2.42. The quantitative estimate of drug-likeness (QED) is 0.752. The Labute approximate surface area is 120 Å². The number of aromatic nitrogens is 2. The van der Waals surface area contributed by atoms with Crippen LogP contribution in [0.25, 0.3) is 0 Å². The standard InChI is InChI=1S/C12H16N2O5S/c1-12(2)18-8-6(5-20)17-10(9(8)19-12)14-4-3-7(15)13-11(14)16/h3-4,6,8-10,20H,5H2,1-2H3,(H,13,15,16)/p-1/t6-,8-,9-,10-/m1/s1. The highest BCUT2D eigenvalue weighted by molar-refractivity contribution is 7.80. The van der Waals surface area contributed by atoms with Crippen LogP contribution in [0.2, 0.25) is 0 Å². The van der Waals surface area contributed by atoms with Gasteiger partial charge in [0.1, 0.15) is 12.2 Å². The summed E-state index contributed by atoms with van der Waals surface area (Å²) in [7, 11) is 0. The minimum atomic E-state index is -0.742. The van der Waals surface area contributed by atoms with E-state index in [1.165, 1.54) is 16.8 Å². The molecule has 0 spiro atoms. The van der Waals surface area contributed by atoms with E-state index in [0.717, 1.165) is 0 Å². The molecule has 0 N–H and O–H groups in total. The van der Waals surface area contributed by atoms with Gasteiger partial charge in [-0.05, 0) is 25.8 Å². The van der Waals surface area contributed by atoms with Gasteiger partial charge in [0.05, 0.1) is 6.10 Å². The van der Waals surface area contributed by atoms with Gasteiger partial charge < -0.3 is 19.3 Å². The first-order valence-electron chi connectivity index (χ1n) is 6.29. The van der Waals surface area contributed by atoms with Crippen molar-refractivity contribution in [1.29, 1.82) is 0 Å². The van der Waals surface area contributed by atoms with E-state index < -0.39 is 29.7 Å². The van der Waals surface area contributed by atoms with Crippen LogP contribution in [0.5, 0.6) is 5.88 Å². The first-order valence-corrected chi connectivity index (χ1v) is 6.93. The van der Waals surface area contributed by atoms with E-state index in [2.05, 4.69) is 17.6 Å². The number of hydrogen-bond donors (Lipinski definition) is 1. The van der Waals surface area contributed by atoms with Crippen molar-refractivity contribution < 1.29 is 19.3 Å². The molecule has 0 aromatic carbocycles. The number of nitrogens with zero attached hydrogens (tertiary/aromatic N) is 2. The lowest BCUT2D eigenvalue weighted by molar-refractivity contribution is -0.275. The third-order valence-corrected chi connectivity index (χ3v) is 3.74. The maximum Gasteiger partial charge on any atom is 0.349 e. The summed E-state index contributed by atoms with van der Waals surface area (Å²) >= 11 is 4.24. The molecule has 0 unspecified atom stereocenters. The Morgan fingerprint density at radius 1 is 1.45 bits per heavy atom. The Bertz CT molecular complexity index is 575. The Morgan fingerprint density at radius 3 is 2.80 bits per heavy atom. The topological polar surface area (TPSA) is 85.6 Å². The van der Waals surface area contributed by atoms with Crippen molar-refractivity contribution in [2.75, 3.05) is 5.75 Å². The van der Waals surface area contributed by atoms with Crippen molar-refractivity contribution in [2.24, 2.45) is 0 Å².